The normalized spacial score (nSPS) is 14.2. The molecule has 0 bridgehead atoms. The van der Waals surface area contributed by atoms with Crippen molar-refractivity contribution in [2.45, 2.75) is 17.9 Å². The smallest absolute Gasteiger partial charge is 0.249 e. The van der Waals surface area contributed by atoms with E-state index in [0.717, 1.165) is 17.7 Å². The van der Waals surface area contributed by atoms with Gasteiger partial charge in [-0.2, -0.15) is 5.26 Å². The van der Waals surface area contributed by atoms with Gasteiger partial charge in [0, 0.05) is 30.3 Å². The number of benzene rings is 1. The highest BCUT2D eigenvalue weighted by Gasteiger charge is 2.22. The summed E-state index contributed by atoms with van der Waals surface area (Å²) < 4.78 is 0. The highest BCUT2D eigenvalue weighted by molar-refractivity contribution is 7.80. The number of hydrogen-bond donors (Lipinski definition) is 2. The van der Waals surface area contributed by atoms with Crippen molar-refractivity contribution < 1.29 is 4.79 Å². The average molecular weight is 311 g/mol. The molecule has 1 amide bonds. The van der Waals surface area contributed by atoms with Crippen LogP contribution in [0.25, 0.3) is 11.1 Å². The molecule has 3 rings (SSSR count). The van der Waals surface area contributed by atoms with Crippen LogP contribution in [-0.2, 0) is 4.79 Å². The molecule has 2 aromatic rings. The van der Waals surface area contributed by atoms with Gasteiger partial charge in [0.25, 0.3) is 0 Å². The number of pyridine rings is 1. The molecule has 0 aliphatic carbocycles. The molecule has 2 heterocycles. The topological polar surface area (TPSA) is 77.0 Å². The molecule has 5 nitrogen and oxygen atoms in total. The molecular weight excluding hydrogens is 298 g/mol. The third kappa shape index (κ3) is 2.51. The van der Waals surface area contributed by atoms with Gasteiger partial charge in [0.2, 0.25) is 11.5 Å². The minimum atomic E-state index is -0.318. The van der Waals surface area contributed by atoms with Crippen LogP contribution in [0.1, 0.15) is 18.4 Å². The maximum absolute atomic E-state index is 11.9. The number of carbonyl (C=O) groups excluding carboxylic acids is 1. The zero-order valence-corrected chi connectivity index (χ0v) is 12.6. The van der Waals surface area contributed by atoms with Gasteiger partial charge in [-0.25, -0.2) is 0 Å². The summed E-state index contributed by atoms with van der Waals surface area (Å²) in [7, 11) is 0. The van der Waals surface area contributed by atoms with Crippen LogP contribution in [-0.4, -0.2) is 17.4 Å². The molecule has 1 N–H and O–H groups in total. The molecule has 1 saturated heterocycles. The van der Waals surface area contributed by atoms with Crippen LogP contribution in [0.15, 0.2) is 40.2 Å². The third-order valence-corrected chi connectivity index (χ3v) is 4.01. The van der Waals surface area contributed by atoms with E-state index in [1.165, 1.54) is 6.07 Å². The summed E-state index contributed by atoms with van der Waals surface area (Å²) >= 11 is 4.15. The van der Waals surface area contributed by atoms with Gasteiger partial charge in [0.05, 0.1) is 10.6 Å². The van der Waals surface area contributed by atoms with Crippen molar-refractivity contribution in [2.24, 2.45) is 0 Å². The first kappa shape index (κ1) is 14.4. The number of thiol groups is 1. The molecule has 6 heteroatoms. The van der Waals surface area contributed by atoms with E-state index in [2.05, 4.69) is 23.7 Å². The van der Waals surface area contributed by atoms with E-state index in [-0.39, 0.29) is 16.5 Å². The van der Waals surface area contributed by atoms with Crippen LogP contribution < -0.4 is 10.5 Å². The molecule has 0 unspecified atom stereocenters. The van der Waals surface area contributed by atoms with Crippen molar-refractivity contribution >= 4 is 24.2 Å². The van der Waals surface area contributed by atoms with Crippen LogP contribution in [0.4, 0.5) is 5.69 Å². The molecule has 22 heavy (non-hydrogen) atoms. The Labute approximate surface area is 132 Å². The van der Waals surface area contributed by atoms with Gasteiger partial charge < -0.3 is 9.88 Å². The Hall–Kier alpha value is -2.52. The van der Waals surface area contributed by atoms with E-state index < -0.39 is 0 Å². The Balaban J connectivity index is 2.12. The fraction of sp³-hybridized carbons (Fsp3) is 0.188. The molecule has 1 fully saturated rings. The van der Waals surface area contributed by atoms with Crippen molar-refractivity contribution in [3.05, 3.63) is 46.2 Å². The van der Waals surface area contributed by atoms with Crippen molar-refractivity contribution in [3.63, 3.8) is 0 Å². The van der Waals surface area contributed by atoms with Gasteiger partial charge in [0.15, 0.2) is 0 Å². The average Bonchev–Trinajstić information content (AvgIpc) is 2.93. The van der Waals surface area contributed by atoms with Gasteiger partial charge in [-0.05, 0) is 24.1 Å². The molecule has 1 aromatic heterocycles. The first-order valence-electron chi connectivity index (χ1n) is 6.87. The fourth-order valence-electron chi connectivity index (χ4n) is 2.65. The van der Waals surface area contributed by atoms with E-state index >= 15 is 0 Å². The standard InChI is InChI=1S/C16H13N3O2S/c17-9-13-12(8-14(20)18-16(13)22)10-3-1-4-11(7-10)19-6-2-5-15(19)21/h1,3-4,7-8H,2,5-6H2,(H2,18,20,22). The Morgan fingerprint density at radius 2 is 2.09 bits per heavy atom. The number of hydrogen-bond acceptors (Lipinski definition) is 4. The molecule has 0 saturated carbocycles. The molecular formula is C16H13N3O2S. The van der Waals surface area contributed by atoms with E-state index in [0.29, 0.717) is 24.1 Å². The maximum Gasteiger partial charge on any atom is 0.249 e. The summed E-state index contributed by atoms with van der Waals surface area (Å²) in [5, 5.41) is 9.53. The van der Waals surface area contributed by atoms with Crippen molar-refractivity contribution in [1.29, 1.82) is 5.26 Å². The second-order valence-electron chi connectivity index (χ2n) is 5.08. The van der Waals surface area contributed by atoms with E-state index in [1.807, 2.05) is 24.3 Å². The summed E-state index contributed by atoms with van der Waals surface area (Å²) in [5.74, 6) is 0.0958. The molecule has 0 atom stereocenters. The number of aromatic nitrogens is 1. The Kier molecular flexibility index (Phi) is 3.73. The summed E-state index contributed by atoms with van der Waals surface area (Å²) in [4.78, 5) is 27.8. The highest BCUT2D eigenvalue weighted by atomic mass is 32.1. The first-order valence-corrected chi connectivity index (χ1v) is 7.32. The quantitative estimate of drug-likeness (QED) is 0.836. The number of nitrogens with one attached hydrogen (secondary N) is 1. The lowest BCUT2D eigenvalue weighted by atomic mass is 10.0. The number of rotatable bonds is 2. The zero-order chi connectivity index (χ0) is 15.7. The molecule has 0 radical (unpaired) electrons. The minimum absolute atomic E-state index is 0.0958. The third-order valence-electron chi connectivity index (χ3n) is 3.68. The first-order chi connectivity index (χ1) is 10.6. The molecule has 0 spiro atoms. The van der Waals surface area contributed by atoms with E-state index in [1.54, 1.807) is 4.90 Å². The number of amides is 1. The monoisotopic (exact) mass is 311 g/mol. The largest absolute Gasteiger partial charge is 0.316 e. The summed E-state index contributed by atoms with van der Waals surface area (Å²) in [6, 6.07) is 10.7. The van der Waals surface area contributed by atoms with Crippen LogP contribution in [0.2, 0.25) is 0 Å². The number of H-pyrrole nitrogens is 1. The zero-order valence-electron chi connectivity index (χ0n) is 11.7. The highest BCUT2D eigenvalue weighted by Crippen LogP contribution is 2.30. The van der Waals surface area contributed by atoms with Gasteiger partial charge in [-0.3, -0.25) is 9.59 Å². The SMILES string of the molecule is N#Cc1c(-c2cccc(N3CCCC3=O)c2)cc(=O)[nH]c1S. The van der Waals surface area contributed by atoms with Gasteiger partial charge in [-0.1, -0.05) is 12.1 Å². The molecule has 110 valence electrons. The predicted octanol–water partition coefficient (Wildman–Crippen LogP) is 2.33. The Morgan fingerprint density at radius 1 is 1.27 bits per heavy atom. The number of nitriles is 1. The predicted molar refractivity (Wildman–Crippen MR) is 86.1 cm³/mol. The summed E-state index contributed by atoms with van der Waals surface area (Å²) in [6.45, 7) is 0.695. The van der Waals surface area contributed by atoms with Crippen molar-refractivity contribution in [1.82, 2.24) is 4.98 Å². The van der Waals surface area contributed by atoms with Crippen LogP contribution in [0, 0.1) is 11.3 Å². The molecule has 1 aliphatic heterocycles. The van der Waals surface area contributed by atoms with Gasteiger partial charge in [-0.15, -0.1) is 12.6 Å². The lowest BCUT2D eigenvalue weighted by Crippen LogP contribution is -2.23. The van der Waals surface area contributed by atoms with Crippen molar-refractivity contribution in [3.8, 4) is 17.2 Å². The van der Waals surface area contributed by atoms with E-state index in [4.69, 9.17) is 0 Å². The number of carbonyl (C=O) groups is 1. The van der Waals surface area contributed by atoms with Crippen LogP contribution in [0.5, 0.6) is 0 Å². The van der Waals surface area contributed by atoms with Crippen molar-refractivity contribution in [2.75, 3.05) is 11.4 Å². The maximum atomic E-state index is 11.9. The van der Waals surface area contributed by atoms with Gasteiger partial charge >= 0.3 is 0 Å². The number of aromatic amines is 1. The van der Waals surface area contributed by atoms with Gasteiger partial charge in [0.1, 0.15) is 6.07 Å². The second-order valence-corrected chi connectivity index (χ2v) is 5.53. The van der Waals surface area contributed by atoms with E-state index in [9.17, 15) is 14.9 Å². The summed E-state index contributed by atoms with van der Waals surface area (Å²) in [5.41, 5.74) is 2.01. The molecule has 1 aromatic carbocycles. The number of nitrogens with zero attached hydrogens (tertiary/aromatic N) is 2. The Morgan fingerprint density at radius 3 is 2.77 bits per heavy atom. The fourth-order valence-corrected chi connectivity index (χ4v) is 2.93. The lowest BCUT2D eigenvalue weighted by Gasteiger charge is -2.17. The number of anilines is 1. The lowest BCUT2D eigenvalue weighted by molar-refractivity contribution is -0.117. The summed E-state index contributed by atoms with van der Waals surface area (Å²) in [6.07, 6.45) is 1.40. The Bertz CT molecular complexity index is 851. The second kappa shape index (κ2) is 5.70. The minimum Gasteiger partial charge on any atom is -0.316 e. The molecule has 1 aliphatic rings. The van der Waals surface area contributed by atoms with Crippen LogP contribution >= 0.6 is 12.6 Å². The van der Waals surface area contributed by atoms with Crippen LogP contribution in [0.3, 0.4) is 0 Å².